The summed E-state index contributed by atoms with van der Waals surface area (Å²) in [6.45, 7) is 5.11. The number of nitrogens with zero attached hydrogens (tertiary/aromatic N) is 2. The summed E-state index contributed by atoms with van der Waals surface area (Å²) in [5, 5.41) is 10.8. The molecule has 0 radical (unpaired) electrons. The first-order valence-electron chi connectivity index (χ1n) is 8.93. The third kappa shape index (κ3) is 4.61. The Morgan fingerprint density at radius 2 is 2.04 bits per heavy atom. The van der Waals surface area contributed by atoms with Gasteiger partial charge in [-0.05, 0) is 56.4 Å². The fourth-order valence-corrected chi connectivity index (χ4v) is 3.52. The summed E-state index contributed by atoms with van der Waals surface area (Å²) >= 11 is 0. The van der Waals surface area contributed by atoms with E-state index < -0.39 is 5.60 Å². The van der Waals surface area contributed by atoms with Crippen molar-refractivity contribution in [3.63, 3.8) is 0 Å². The van der Waals surface area contributed by atoms with Crippen molar-refractivity contribution in [3.8, 4) is 5.75 Å². The van der Waals surface area contributed by atoms with Crippen LogP contribution in [-0.2, 0) is 18.7 Å². The molecule has 0 aromatic heterocycles. The summed E-state index contributed by atoms with van der Waals surface area (Å²) in [6, 6.07) is 12.6. The smallest absolute Gasteiger partial charge is 0.123 e. The largest absolute Gasteiger partial charge is 0.492 e. The first-order valence-corrected chi connectivity index (χ1v) is 8.93. The average molecular weight is 358 g/mol. The van der Waals surface area contributed by atoms with Gasteiger partial charge < -0.3 is 14.7 Å². The normalized spacial score (nSPS) is 17.3. The molecule has 2 aromatic carbocycles. The van der Waals surface area contributed by atoms with E-state index in [2.05, 4.69) is 4.90 Å². The van der Waals surface area contributed by atoms with Crippen molar-refractivity contribution in [1.82, 2.24) is 9.80 Å². The van der Waals surface area contributed by atoms with Crippen molar-refractivity contribution in [2.24, 2.45) is 0 Å². The molecule has 0 unspecified atom stereocenters. The van der Waals surface area contributed by atoms with Crippen LogP contribution in [0.1, 0.15) is 23.6 Å². The molecule has 1 aliphatic heterocycles. The maximum absolute atomic E-state index is 13.5. The Morgan fingerprint density at radius 1 is 1.23 bits per heavy atom. The number of fused-ring (bicyclic) bond motifs is 1. The zero-order valence-electron chi connectivity index (χ0n) is 15.7. The van der Waals surface area contributed by atoms with Crippen LogP contribution in [0, 0.1) is 5.82 Å². The molecule has 0 saturated carbocycles. The van der Waals surface area contributed by atoms with Crippen molar-refractivity contribution in [2.45, 2.75) is 25.6 Å². The van der Waals surface area contributed by atoms with Gasteiger partial charge in [0.2, 0.25) is 0 Å². The van der Waals surface area contributed by atoms with E-state index in [9.17, 15) is 9.50 Å². The van der Waals surface area contributed by atoms with Crippen LogP contribution in [-0.4, -0.2) is 48.7 Å². The van der Waals surface area contributed by atoms with E-state index in [1.807, 2.05) is 50.2 Å². The molecule has 0 amide bonds. The zero-order valence-corrected chi connectivity index (χ0v) is 15.7. The van der Waals surface area contributed by atoms with Crippen molar-refractivity contribution in [1.29, 1.82) is 0 Å². The van der Waals surface area contributed by atoms with Crippen molar-refractivity contribution in [3.05, 3.63) is 65.0 Å². The first kappa shape index (κ1) is 18.8. The molecule has 3 rings (SSSR count). The first-order chi connectivity index (χ1) is 12.3. The summed E-state index contributed by atoms with van der Waals surface area (Å²) < 4.78 is 19.3. The number of aliphatic hydroxyl groups is 1. The second-order valence-corrected chi connectivity index (χ2v) is 7.52. The summed E-state index contributed by atoms with van der Waals surface area (Å²) in [5.74, 6) is 0.645. The van der Waals surface area contributed by atoms with Crippen LogP contribution in [0.3, 0.4) is 0 Å². The molecule has 0 fully saturated rings. The topological polar surface area (TPSA) is 35.9 Å². The number of hydrogen-bond acceptors (Lipinski definition) is 4. The van der Waals surface area contributed by atoms with E-state index in [0.29, 0.717) is 26.2 Å². The fourth-order valence-electron chi connectivity index (χ4n) is 3.52. The van der Waals surface area contributed by atoms with E-state index in [0.717, 1.165) is 29.0 Å². The molecular formula is C21H27FN2O2. The number of benzene rings is 2. The maximum atomic E-state index is 13.5. The molecule has 26 heavy (non-hydrogen) atoms. The molecule has 4 nitrogen and oxygen atoms in total. The number of ether oxygens (including phenoxy) is 1. The van der Waals surface area contributed by atoms with Crippen LogP contribution in [0.15, 0.2) is 42.5 Å². The van der Waals surface area contributed by atoms with Crippen LogP contribution >= 0.6 is 0 Å². The quantitative estimate of drug-likeness (QED) is 0.891. The van der Waals surface area contributed by atoms with Gasteiger partial charge in [0.05, 0.1) is 5.60 Å². The molecule has 1 aliphatic rings. The Labute approximate surface area is 154 Å². The fraction of sp³-hybridized carbons (Fsp3) is 0.429. The Kier molecular flexibility index (Phi) is 5.61. The van der Waals surface area contributed by atoms with E-state index in [4.69, 9.17) is 4.74 Å². The lowest BCUT2D eigenvalue weighted by molar-refractivity contribution is 0.0299. The van der Waals surface area contributed by atoms with Gasteiger partial charge in [-0.15, -0.1) is 0 Å². The summed E-state index contributed by atoms with van der Waals surface area (Å²) in [4.78, 5) is 4.21. The van der Waals surface area contributed by atoms with Crippen LogP contribution < -0.4 is 4.74 Å². The van der Waals surface area contributed by atoms with E-state index in [1.165, 1.54) is 6.07 Å². The minimum absolute atomic E-state index is 0.212. The minimum atomic E-state index is -0.932. The van der Waals surface area contributed by atoms with Gasteiger partial charge in [0.1, 0.15) is 18.2 Å². The predicted molar refractivity (Wildman–Crippen MR) is 101 cm³/mol. The van der Waals surface area contributed by atoms with Crippen LogP contribution in [0.4, 0.5) is 4.39 Å². The molecule has 140 valence electrons. The highest BCUT2D eigenvalue weighted by atomic mass is 19.1. The summed E-state index contributed by atoms with van der Waals surface area (Å²) in [7, 11) is 3.89. The number of hydrogen-bond donors (Lipinski definition) is 1. The zero-order chi connectivity index (χ0) is 18.7. The van der Waals surface area contributed by atoms with E-state index in [1.54, 1.807) is 12.1 Å². The summed E-state index contributed by atoms with van der Waals surface area (Å²) in [5.41, 5.74) is 1.94. The van der Waals surface area contributed by atoms with Gasteiger partial charge in [-0.2, -0.15) is 0 Å². The lowest BCUT2D eigenvalue weighted by atomic mass is 9.93. The lowest BCUT2D eigenvalue weighted by Crippen LogP contribution is -2.34. The standard InChI is InChI=1S/C21H27FN2O2/c1-21(25,15-23(2)3)18-7-8-20-17(12-18)14-24(9-10-26-20)13-16-5-4-6-19(22)11-16/h4-8,11-12,25H,9-10,13-15H2,1-3H3/t21-/m0/s1. The second-order valence-electron chi connectivity index (χ2n) is 7.52. The molecule has 5 heteroatoms. The molecule has 0 spiro atoms. The van der Waals surface area contributed by atoms with Gasteiger partial charge in [0.15, 0.2) is 0 Å². The monoisotopic (exact) mass is 358 g/mol. The molecule has 1 heterocycles. The molecule has 1 atom stereocenters. The number of likely N-dealkylation sites (N-methyl/N-ethyl adjacent to an activating group) is 1. The van der Waals surface area contributed by atoms with Gasteiger partial charge in [-0.1, -0.05) is 18.2 Å². The van der Waals surface area contributed by atoms with Crippen molar-refractivity contribution < 1.29 is 14.2 Å². The lowest BCUT2D eigenvalue weighted by Gasteiger charge is -2.28. The highest BCUT2D eigenvalue weighted by Crippen LogP contribution is 2.30. The van der Waals surface area contributed by atoms with Gasteiger partial charge in [0, 0.05) is 31.7 Å². The molecular weight excluding hydrogens is 331 g/mol. The van der Waals surface area contributed by atoms with E-state index in [-0.39, 0.29) is 5.82 Å². The molecule has 1 N–H and O–H groups in total. The molecule has 0 bridgehead atoms. The maximum Gasteiger partial charge on any atom is 0.123 e. The van der Waals surface area contributed by atoms with Crippen molar-refractivity contribution >= 4 is 0 Å². The Hall–Kier alpha value is -1.95. The van der Waals surface area contributed by atoms with Crippen LogP contribution in [0.25, 0.3) is 0 Å². The highest BCUT2D eigenvalue weighted by molar-refractivity contribution is 5.40. The second kappa shape index (κ2) is 7.74. The number of halogens is 1. The van der Waals surface area contributed by atoms with Crippen molar-refractivity contribution in [2.75, 3.05) is 33.8 Å². The molecule has 0 saturated heterocycles. The Bertz CT molecular complexity index is 761. The molecule has 0 aliphatic carbocycles. The number of rotatable bonds is 5. The average Bonchev–Trinajstić information content (AvgIpc) is 2.74. The predicted octanol–water partition coefficient (Wildman–Crippen LogP) is 2.99. The Morgan fingerprint density at radius 3 is 2.77 bits per heavy atom. The third-order valence-electron chi connectivity index (χ3n) is 4.66. The SMILES string of the molecule is CN(C)C[C@](C)(O)c1ccc2c(c1)CN(Cc1cccc(F)c1)CCO2. The van der Waals surface area contributed by atoms with Gasteiger partial charge >= 0.3 is 0 Å². The van der Waals surface area contributed by atoms with Crippen LogP contribution in [0.5, 0.6) is 5.75 Å². The van der Waals surface area contributed by atoms with Crippen LogP contribution in [0.2, 0.25) is 0 Å². The highest BCUT2D eigenvalue weighted by Gasteiger charge is 2.26. The van der Waals surface area contributed by atoms with Gasteiger partial charge in [0.25, 0.3) is 0 Å². The third-order valence-corrected chi connectivity index (χ3v) is 4.66. The minimum Gasteiger partial charge on any atom is -0.492 e. The van der Waals surface area contributed by atoms with Gasteiger partial charge in [-0.3, -0.25) is 4.90 Å². The van der Waals surface area contributed by atoms with Gasteiger partial charge in [-0.25, -0.2) is 4.39 Å². The van der Waals surface area contributed by atoms with E-state index >= 15 is 0 Å². The summed E-state index contributed by atoms with van der Waals surface area (Å²) in [6.07, 6.45) is 0. The Balaban J connectivity index is 1.81. The molecule has 2 aromatic rings.